The number of rotatable bonds is 4. The van der Waals surface area contributed by atoms with Crippen LogP contribution in [-0.4, -0.2) is 27.5 Å². The highest BCUT2D eigenvalue weighted by Crippen LogP contribution is 2.33. The molecular weight excluding hydrogens is 260 g/mol. The number of benzene rings is 2. The Morgan fingerprint density at radius 2 is 1.40 bits per heavy atom. The lowest BCUT2D eigenvalue weighted by molar-refractivity contribution is 0.0170. The van der Waals surface area contributed by atoms with E-state index in [2.05, 4.69) is 0 Å². The molecule has 4 N–H and O–H groups in total. The van der Waals surface area contributed by atoms with Crippen molar-refractivity contribution in [2.75, 3.05) is 7.11 Å². The summed E-state index contributed by atoms with van der Waals surface area (Å²) in [7, 11) is 1.45. The Labute approximate surface area is 116 Å². The summed E-state index contributed by atoms with van der Waals surface area (Å²) < 4.78 is 5.00. The molecule has 5 heteroatoms. The van der Waals surface area contributed by atoms with Gasteiger partial charge in [0.05, 0.1) is 7.11 Å². The first-order chi connectivity index (χ1) is 9.51. The van der Waals surface area contributed by atoms with Crippen LogP contribution in [0.3, 0.4) is 0 Å². The van der Waals surface area contributed by atoms with Crippen LogP contribution in [0.15, 0.2) is 42.5 Å². The van der Waals surface area contributed by atoms with E-state index in [1.807, 2.05) is 0 Å². The Bertz CT molecular complexity index is 579. The van der Waals surface area contributed by atoms with E-state index < -0.39 is 12.2 Å². The maximum Gasteiger partial charge on any atom is 0.122 e. The fraction of sp³-hybridized carbons (Fsp3) is 0.200. The molecule has 20 heavy (non-hydrogen) atoms. The van der Waals surface area contributed by atoms with Crippen molar-refractivity contribution in [2.24, 2.45) is 0 Å². The molecule has 0 saturated heterocycles. The number of phenolic OH excluding ortho intramolecular Hbond substituents is 2. The van der Waals surface area contributed by atoms with E-state index in [4.69, 9.17) is 4.74 Å². The van der Waals surface area contributed by atoms with E-state index in [1.54, 1.807) is 0 Å². The molecule has 2 rings (SSSR count). The van der Waals surface area contributed by atoms with Crippen LogP contribution >= 0.6 is 0 Å². The lowest BCUT2D eigenvalue weighted by Gasteiger charge is -2.19. The van der Waals surface area contributed by atoms with Gasteiger partial charge in [-0.05, 0) is 35.4 Å². The molecule has 0 radical (unpaired) electrons. The summed E-state index contributed by atoms with van der Waals surface area (Å²) in [6, 6.07) is 10.2. The number of aliphatic hydroxyl groups excluding tert-OH is 2. The van der Waals surface area contributed by atoms with Crippen LogP contribution in [0.25, 0.3) is 0 Å². The topological polar surface area (TPSA) is 90.2 Å². The fourth-order valence-electron chi connectivity index (χ4n) is 1.93. The van der Waals surface area contributed by atoms with Gasteiger partial charge in [0.25, 0.3) is 0 Å². The van der Waals surface area contributed by atoms with Crippen LogP contribution in [-0.2, 0) is 0 Å². The summed E-state index contributed by atoms with van der Waals surface area (Å²) in [5.41, 5.74) is 0.792. The molecule has 2 atom stereocenters. The molecule has 0 saturated carbocycles. The Balaban J connectivity index is 2.28. The van der Waals surface area contributed by atoms with Gasteiger partial charge < -0.3 is 25.2 Å². The number of aromatic hydroxyl groups is 2. The summed E-state index contributed by atoms with van der Waals surface area (Å²) in [6.45, 7) is 0. The van der Waals surface area contributed by atoms with Gasteiger partial charge in [0.1, 0.15) is 29.5 Å². The summed E-state index contributed by atoms with van der Waals surface area (Å²) in [5.74, 6) is 0.405. The van der Waals surface area contributed by atoms with Gasteiger partial charge in [-0.3, -0.25) is 0 Å². The van der Waals surface area contributed by atoms with Gasteiger partial charge in [0.2, 0.25) is 0 Å². The van der Waals surface area contributed by atoms with Gasteiger partial charge in [0.15, 0.2) is 0 Å². The SMILES string of the molecule is COc1cc(O)cc(C(O)C(O)c2ccc(O)cc2)c1. The normalized spacial score (nSPS) is 13.8. The lowest BCUT2D eigenvalue weighted by atomic mass is 9.98. The predicted molar refractivity (Wildman–Crippen MR) is 72.7 cm³/mol. The summed E-state index contributed by atoms with van der Waals surface area (Å²) in [5, 5.41) is 39.1. The molecule has 2 aromatic carbocycles. The number of hydrogen-bond acceptors (Lipinski definition) is 5. The average Bonchev–Trinajstić information content (AvgIpc) is 2.45. The van der Waals surface area contributed by atoms with E-state index in [0.29, 0.717) is 16.9 Å². The first-order valence-corrected chi connectivity index (χ1v) is 6.04. The standard InChI is InChI=1S/C15H16O5/c1-20-13-7-10(6-12(17)8-13)15(19)14(18)9-2-4-11(16)5-3-9/h2-8,14-19H,1H3. The third-order valence-electron chi connectivity index (χ3n) is 3.02. The number of phenols is 2. The van der Waals surface area contributed by atoms with Gasteiger partial charge in [-0.1, -0.05) is 12.1 Å². The molecule has 0 bridgehead atoms. The molecule has 0 aliphatic heterocycles. The van der Waals surface area contributed by atoms with Gasteiger partial charge in [-0.25, -0.2) is 0 Å². The van der Waals surface area contributed by atoms with E-state index in [-0.39, 0.29) is 11.5 Å². The number of ether oxygens (including phenoxy) is 1. The van der Waals surface area contributed by atoms with Crippen molar-refractivity contribution in [2.45, 2.75) is 12.2 Å². The number of methoxy groups -OCH3 is 1. The largest absolute Gasteiger partial charge is 0.508 e. The quantitative estimate of drug-likeness (QED) is 0.684. The van der Waals surface area contributed by atoms with Crippen LogP contribution in [0.2, 0.25) is 0 Å². The van der Waals surface area contributed by atoms with Crippen LogP contribution in [0.1, 0.15) is 23.3 Å². The summed E-state index contributed by atoms with van der Waals surface area (Å²) in [6.07, 6.45) is -2.40. The molecule has 2 aromatic rings. The monoisotopic (exact) mass is 276 g/mol. The second-order valence-electron chi connectivity index (χ2n) is 4.45. The second-order valence-corrected chi connectivity index (χ2v) is 4.45. The molecule has 0 spiro atoms. The Hall–Kier alpha value is -2.24. The predicted octanol–water partition coefficient (Wildman–Crippen LogP) is 1.87. The van der Waals surface area contributed by atoms with Gasteiger partial charge in [0, 0.05) is 6.07 Å². The zero-order chi connectivity index (χ0) is 14.7. The lowest BCUT2D eigenvalue weighted by Crippen LogP contribution is -2.10. The minimum atomic E-state index is -1.22. The van der Waals surface area contributed by atoms with Crippen molar-refractivity contribution >= 4 is 0 Å². The zero-order valence-corrected chi connectivity index (χ0v) is 10.9. The van der Waals surface area contributed by atoms with E-state index in [0.717, 1.165) is 0 Å². The van der Waals surface area contributed by atoms with Crippen molar-refractivity contribution in [3.63, 3.8) is 0 Å². The van der Waals surface area contributed by atoms with Gasteiger partial charge in [-0.2, -0.15) is 0 Å². The molecule has 106 valence electrons. The minimum Gasteiger partial charge on any atom is -0.508 e. The Morgan fingerprint density at radius 1 is 0.800 bits per heavy atom. The average molecular weight is 276 g/mol. The first kappa shape index (κ1) is 14.2. The fourth-order valence-corrected chi connectivity index (χ4v) is 1.93. The highest BCUT2D eigenvalue weighted by Gasteiger charge is 2.21. The Kier molecular flexibility index (Phi) is 4.12. The molecule has 2 unspecified atom stereocenters. The Morgan fingerprint density at radius 3 is 2.00 bits per heavy atom. The van der Waals surface area contributed by atoms with E-state index in [1.165, 1.54) is 49.6 Å². The number of hydrogen-bond donors (Lipinski definition) is 4. The summed E-state index contributed by atoms with van der Waals surface area (Å²) in [4.78, 5) is 0. The number of aliphatic hydroxyl groups is 2. The van der Waals surface area contributed by atoms with Crippen LogP contribution in [0.5, 0.6) is 17.2 Å². The van der Waals surface area contributed by atoms with Gasteiger partial charge in [-0.15, -0.1) is 0 Å². The molecule has 0 amide bonds. The second kappa shape index (κ2) is 5.81. The van der Waals surface area contributed by atoms with Crippen molar-refractivity contribution in [3.8, 4) is 17.2 Å². The molecule has 0 heterocycles. The van der Waals surface area contributed by atoms with E-state index >= 15 is 0 Å². The molecule has 0 aliphatic carbocycles. The van der Waals surface area contributed by atoms with Crippen LogP contribution in [0, 0.1) is 0 Å². The van der Waals surface area contributed by atoms with Crippen molar-refractivity contribution in [1.82, 2.24) is 0 Å². The minimum absolute atomic E-state index is 0.0590. The van der Waals surface area contributed by atoms with Gasteiger partial charge >= 0.3 is 0 Å². The maximum atomic E-state index is 10.2. The van der Waals surface area contributed by atoms with Crippen LogP contribution in [0.4, 0.5) is 0 Å². The first-order valence-electron chi connectivity index (χ1n) is 6.04. The summed E-state index contributed by atoms with van der Waals surface area (Å²) >= 11 is 0. The highest BCUT2D eigenvalue weighted by molar-refractivity contribution is 5.39. The smallest absolute Gasteiger partial charge is 0.122 e. The van der Waals surface area contributed by atoms with Crippen LogP contribution < -0.4 is 4.74 Å². The molecule has 5 nitrogen and oxygen atoms in total. The highest BCUT2D eigenvalue weighted by atomic mass is 16.5. The third kappa shape index (κ3) is 3.01. The molecular formula is C15H16O5. The molecule has 0 fully saturated rings. The zero-order valence-electron chi connectivity index (χ0n) is 10.9. The van der Waals surface area contributed by atoms with Crippen molar-refractivity contribution < 1.29 is 25.2 Å². The molecule has 0 aliphatic rings. The third-order valence-corrected chi connectivity index (χ3v) is 3.02. The molecule has 0 aromatic heterocycles. The maximum absolute atomic E-state index is 10.2. The van der Waals surface area contributed by atoms with Crippen molar-refractivity contribution in [1.29, 1.82) is 0 Å². The van der Waals surface area contributed by atoms with Crippen molar-refractivity contribution in [3.05, 3.63) is 53.6 Å². The van der Waals surface area contributed by atoms with E-state index in [9.17, 15) is 20.4 Å².